The molecule has 1 N–H and O–H groups in total. The number of hydrogen-bond donors (Lipinski definition) is 1. The Hall–Kier alpha value is -3.22. The van der Waals surface area contributed by atoms with Crippen molar-refractivity contribution in [2.24, 2.45) is 0 Å². The summed E-state index contributed by atoms with van der Waals surface area (Å²) in [4.78, 5) is 26.6. The molecule has 0 saturated carbocycles. The zero-order valence-corrected chi connectivity index (χ0v) is 17.8. The topological polar surface area (TPSA) is 77.1 Å². The van der Waals surface area contributed by atoms with Crippen LogP contribution in [0.2, 0.25) is 0 Å². The number of likely N-dealkylation sites (tertiary alicyclic amines) is 1. The molecule has 0 radical (unpaired) electrons. The van der Waals surface area contributed by atoms with Gasteiger partial charge >= 0.3 is 6.09 Å². The summed E-state index contributed by atoms with van der Waals surface area (Å²) in [6.07, 6.45) is 0.920. The van der Waals surface area contributed by atoms with Gasteiger partial charge < -0.3 is 19.5 Å². The fourth-order valence-corrected chi connectivity index (χ4v) is 3.24. The maximum absolute atomic E-state index is 12.7. The average molecular weight is 412 g/mol. The number of para-hydroxylation sites is 2. The fourth-order valence-electron chi connectivity index (χ4n) is 3.24. The molecule has 30 heavy (non-hydrogen) atoms. The number of rotatable bonds is 5. The minimum Gasteiger partial charge on any atom is -0.493 e. The van der Waals surface area contributed by atoms with E-state index in [0.29, 0.717) is 35.9 Å². The van der Waals surface area contributed by atoms with Crippen molar-refractivity contribution in [2.45, 2.75) is 45.3 Å². The highest BCUT2D eigenvalue weighted by molar-refractivity contribution is 5.96. The first-order valence-electron chi connectivity index (χ1n) is 9.98. The van der Waals surface area contributed by atoms with Crippen LogP contribution < -0.4 is 14.8 Å². The van der Waals surface area contributed by atoms with Gasteiger partial charge in [-0.05, 0) is 70.0 Å². The predicted molar refractivity (Wildman–Crippen MR) is 114 cm³/mol. The number of hydrogen-bond acceptors (Lipinski definition) is 5. The van der Waals surface area contributed by atoms with Gasteiger partial charge in [-0.3, -0.25) is 9.69 Å². The number of ether oxygens (including phenoxy) is 3. The van der Waals surface area contributed by atoms with Gasteiger partial charge in [0.15, 0.2) is 11.5 Å². The zero-order chi connectivity index (χ0) is 21.7. The van der Waals surface area contributed by atoms with Gasteiger partial charge in [0.2, 0.25) is 5.91 Å². The van der Waals surface area contributed by atoms with Crippen LogP contribution >= 0.6 is 0 Å². The summed E-state index contributed by atoms with van der Waals surface area (Å²) in [5.41, 5.74) is 0.0289. The number of methoxy groups -OCH3 is 1. The van der Waals surface area contributed by atoms with Gasteiger partial charge in [-0.2, -0.15) is 0 Å². The number of carbonyl (C=O) groups is 2. The Bertz CT molecular complexity index is 889. The van der Waals surface area contributed by atoms with Crippen LogP contribution in [0.5, 0.6) is 17.2 Å². The lowest BCUT2D eigenvalue weighted by Crippen LogP contribution is -2.45. The van der Waals surface area contributed by atoms with Gasteiger partial charge in [0, 0.05) is 12.2 Å². The minimum atomic E-state index is -0.599. The number of nitrogens with one attached hydrogen (secondary N) is 1. The summed E-state index contributed by atoms with van der Waals surface area (Å²) >= 11 is 0. The van der Waals surface area contributed by atoms with Crippen molar-refractivity contribution in [3.05, 3.63) is 48.5 Å². The van der Waals surface area contributed by atoms with E-state index in [1.807, 2.05) is 45.0 Å². The quantitative estimate of drug-likeness (QED) is 0.761. The van der Waals surface area contributed by atoms with Crippen molar-refractivity contribution >= 4 is 17.7 Å². The normalized spacial score (nSPS) is 16.1. The number of carbonyl (C=O) groups excluding carboxylic acids is 2. The molecule has 7 nitrogen and oxygen atoms in total. The second-order valence-corrected chi connectivity index (χ2v) is 8.10. The molecular formula is C23H28N2O5. The summed E-state index contributed by atoms with van der Waals surface area (Å²) in [5, 5.41) is 2.88. The van der Waals surface area contributed by atoms with Crippen LogP contribution in [0.4, 0.5) is 10.5 Å². The fraction of sp³-hybridized carbons (Fsp3) is 0.391. The Morgan fingerprint density at radius 1 is 1.03 bits per heavy atom. The predicted octanol–water partition coefficient (Wildman–Crippen LogP) is 4.83. The summed E-state index contributed by atoms with van der Waals surface area (Å²) in [5.74, 6) is 1.64. The molecule has 0 spiro atoms. The van der Waals surface area contributed by atoms with Gasteiger partial charge in [-0.25, -0.2) is 4.79 Å². The molecule has 1 aliphatic rings. The third-order valence-electron chi connectivity index (χ3n) is 4.60. The molecule has 2 aromatic carbocycles. The summed E-state index contributed by atoms with van der Waals surface area (Å²) in [6, 6.07) is 13.9. The highest BCUT2D eigenvalue weighted by atomic mass is 16.6. The molecule has 3 rings (SSSR count). The second kappa shape index (κ2) is 9.07. The van der Waals surface area contributed by atoms with E-state index in [0.717, 1.165) is 6.42 Å². The number of anilines is 1. The first-order chi connectivity index (χ1) is 14.3. The zero-order valence-electron chi connectivity index (χ0n) is 17.8. The Morgan fingerprint density at radius 2 is 1.70 bits per heavy atom. The highest BCUT2D eigenvalue weighted by Gasteiger charge is 2.36. The average Bonchev–Trinajstić information content (AvgIpc) is 3.19. The van der Waals surface area contributed by atoms with E-state index < -0.39 is 17.7 Å². The van der Waals surface area contributed by atoms with Crippen molar-refractivity contribution in [2.75, 3.05) is 19.0 Å². The molecule has 160 valence electrons. The second-order valence-electron chi connectivity index (χ2n) is 8.10. The standard InChI is InChI=1S/C23H28N2O5/c1-23(2,3)30-22(27)25-15-7-8-18(25)21(26)24-16-11-13-17(14-12-16)29-20-10-6-5-9-19(20)28-4/h5-6,9-14,18H,7-8,15H2,1-4H3,(H,24,26)/t18-/m0/s1. The molecule has 0 aliphatic carbocycles. The van der Waals surface area contributed by atoms with Crippen molar-refractivity contribution in [1.82, 2.24) is 4.90 Å². The third kappa shape index (κ3) is 5.43. The molecule has 2 amide bonds. The van der Waals surface area contributed by atoms with Gasteiger partial charge in [-0.15, -0.1) is 0 Å². The van der Waals surface area contributed by atoms with Gasteiger partial charge in [0.25, 0.3) is 0 Å². The van der Waals surface area contributed by atoms with E-state index in [1.54, 1.807) is 31.4 Å². The summed E-state index contributed by atoms with van der Waals surface area (Å²) in [7, 11) is 1.59. The van der Waals surface area contributed by atoms with Gasteiger partial charge in [0.05, 0.1) is 7.11 Å². The molecular weight excluding hydrogens is 384 g/mol. The van der Waals surface area contributed by atoms with Crippen LogP contribution in [0, 0.1) is 0 Å². The monoisotopic (exact) mass is 412 g/mol. The molecule has 1 aliphatic heterocycles. The van der Waals surface area contributed by atoms with Crippen molar-refractivity contribution in [3.63, 3.8) is 0 Å². The summed E-state index contributed by atoms with van der Waals surface area (Å²) < 4.78 is 16.6. The number of benzene rings is 2. The molecule has 1 fully saturated rings. The molecule has 0 unspecified atom stereocenters. The Kier molecular flexibility index (Phi) is 6.50. The molecule has 0 bridgehead atoms. The Morgan fingerprint density at radius 3 is 2.33 bits per heavy atom. The van der Waals surface area contributed by atoms with Crippen LogP contribution in [0.25, 0.3) is 0 Å². The van der Waals surface area contributed by atoms with Gasteiger partial charge in [-0.1, -0.05) is 12.1 Å². The van der Waals surface area contributed by atoms with E-state index in [4.69, 9.17) is 14.2 Å². The molecule has 2 aromatic rings. The lowest BCUT2D eigenvalue weighted by atomic mass is 10.2. The SMILES string of the molecule is COc1ccccc1Oc1ccc(NC(=O)[C@@H]2CCCN2C(=O)OC(C)(C)C)cc1. The highest BCUT2D eigenvalue weighted by Crippen LogP contribution is 2.31. The van der Waals surface area contributed by atoms with Crippen LogP contribution in [0.1, 0.15) is 33.6 Å². The first kappa shape index (κ1) is 21.5. The van der Waals surface area contributed by atoms with Crippen LogP contribution in [0.3, 0.4) is 0 Å². The largest absolute Gasteiger partial charge is 0.493 e. The first-order valence-corrected chi connectivity index (χ1v) is 9.98. The third-order valence-corrected chi connectivity index (χ3v) is 4.60. The van der Waals surface area contributed by atoms with Crippen molar-refractivity contribution in [3.8, 4) is 17.2 Å². The molecule has 1 atom stereocenters. The van der Waals surface area contributed by atoms with Crippen molar-refractivity contribution < 1.29 is 23.8 Å². The molecule has 7 heteroatoms. The molecule has 1 saturated heterocycles. The Balaban J connectivity index is 1.62. The lowest BCUT2D eigenvalue weighted by molar-refractivity contribution is -0.120. The van der Waals surface area contributed by atoms with E-state index in [9.17, 15) is 9.59 Å². The smallest absolute Gasteiger partial charge is 0.410 e. The number of amides is 2. The van der Waals surface area contributed by atoms with E-state index in [2.05, 4.69) is 5.32 Å². The maximum Gasteiger partial charge on any atom is 0.410 e. The minimum absolute atomic E-state index is 0.225. The maximum atomic E-state index is 12.7. The molecule has 0 aromatic heterocycles. The van der Waals surface area contributed by atoms with Crippen LogP contribution in [-0.4, -0.2) is 42.2 Å². The van der Waals surface area contributed by atoms with Crippen LogP contribution in [-0.2, 0) is 9.53 Å². The van der Waals surface area contributed by atoms with Crippen LogP contribution in [0.15, 0.2) is 48.5 Å². The lowest BCUT2D eigenvalue weighted by Gasteiger charge is -2.28. The Labute approximate surface area is 176 Å². The van der Waals surface area contributed by atoms with E-state index in [1.165, 1.54) is 4.90 Å². The summed E-state index contributed by atoms with van der Waals surface area (Å²) in [6.45, 7) is 5.94. The van der Waals surface area contributed by atoms with E-state index in [-0.39, 0.29) is 5.91 Å². The molecule has 1 heterocycles. The van der Waals surface area contributed by atoms with E-state index >= 15 is 0 Å². The van der Waals surface area contributed by atoms with Gasteiger partial charge in [0.1, 0.15) is 17.4 Å². The number of nitrogens with zero attached hydrogens (tertiary/aromatic N) is 1. The van der Waals surface area contributed by atoms with Crippen molar-refractivity contribution in [1.29, 1.82) is 0 Å².